The molecule has 0 aliphatic heterocycles. The molecule has 0 unspecified atom stereocenters. The van der Waals surface area contributed by atoms with Crippen molar-refractivity contribution in [2.75, 3.05) is 7.05 Å². The van der Waals surface area contributed by atoms with E-state index in [1.165, 1.54) is 11.0 Å². The molecule has 0 atom stereocenters. The molecule has 3 rings (SSSR count). The fourth-order valence-electron chi connectivity index (χ4n) is 2.54. The third kappa shape index (κ3) is 4.33. The quantitative estimate of drug-likeness (QED) is 0.677. The zero-order chi connectivity index (χ0) is 18.5. The lowest BCUT2D eigenvalue weighted by molar-refractivity contribution is -0.130. The minimum Gasteiger partial charge on any atom is -0.421 e. The Bertz CT molecular complexity index is 890. The van der Waals surface area contributed by atoms with Gasteiger partial charge in [0.2, 0.25) is 17.7 Å². The summed E-state index contributed by atoms with van der Waals surface area (Å²) in [5.74, 6) is 0.426. The van der Waals surface area contributed by atoms with Gasteiger partial charge in [0.15, 0.2) is 0 Å². The van der Waals surface area contributed by atoms with Crippen LogP contribution in [-0.2, 0) is 17.8 Å². The molecule has 0 radical (unpaired) electrons. The standard InChI is InChI=1S/C20H20FN3O2/c1-14-7-9-15(10-8-14)20-23-22-18(26-20)11-12-19(25)24(2)13-16-5-3-4-6-17(16)21/h3-10H,11-13H2,1-2H3. The minimum atomic E-state index is -0.313. The second kappa shape index (κ2) is 7.91. The lowest BCUT2D eigenvalue weighted by atomic mass is 10.1. The molecule has 3 aromatic rings. The Hall–Kier alpha value is -3.02. The van der Waals surface area contributed by atoms with Gasteiger partial charge in [0.1, 0.15) is 5.82 Å². The van der Waals surface area contributed by atoms with Crippen LogP contribution in [0.25, 0.3) is 11.5 Å². The van der Waals surface area contributed by atoms with Crippen LogP contribution in [0.3, 0.4) is 0 Å². The Morgan fingerprint density at radius 3 is 2.58 bits per heavy atom. The number of hydrogen-bond donors (Lipinski definition) is 0. The molecule has 0 bridgehead atoms. The Morgan fingerprint density at radius 2 is 1.85 bits per heavy atom. The first-order chi connectivity index (χ1) is 12.5. The van der Waals surface area contributed by atoms with Gasteiger partial charge in [0, 0.05) is 37.6 Å². The molecule has 1 amide bonds. The van der Waals surface area contributed by atoms with Gasteiger partial charge in [-0.15, -0.1) is 10.2 Å². The zero-order valence-corrected chi connectivity index (χ0v) is 14.8. The van der Waals surface area contributed by atoms with E-state index in [1.54, 1.807) is 25.2 Å². The topological polar surface area (TPSA) is 59.2 Å². The number of halogens is 1. The van der Waals surface area contributed by atoms with E-state index in [0.717, 1.165) is 11.1 Å². The summed E-state index contributed by atoms with van der Waals surface area (Å²) in [6, 6.07) is 14.2. The van der Waals surface area contributed by atoms with Crippen LogP contribution in [0.1, 0.15) is 23.4 Å². The van der Waals surface area contributed by atoms with E-state index in [2.05, 4.69) is 10.2 Å². The van der Waals surface area contributed by atoms with Crippen molar-refractivity contribution in [1.29, 1.82) is 0 Å². The highest BCUT2D eigenvalue weighted by molar-refractivity contribution is 5.76. The maximum atomic E-state index is 13.7. The molecule has 1 heterocycles. The molecule has 0 spiro atoms. The highest BCUT2D eigenvalue weighted by Gasteiger charge is 2.14. The number of carbonyl (C=O) groups is 1. The van der Waals surface area contributed by atoms with E-state index >= 15 is 0 Å². The summed E-state index contributed by atoms with van der Waals surface area (Å²) < 4.78 is 19.3. The van der Waals surface area contributed by atoms with Crippen LogP contribution < -0.4 is 0 Å². The van der Waals surface area contributed by atoms with Gasteiger partial charge in [-0.3, -0.25) is 4.79 Å². The molecule has 26 heavy (non-hydrogen) atoms. The molecule has 0 saturated carbocycles. The molecule has 2 aromatic carbocycles. The van der Waals surface area contributed by atoms with Crippen molar-refractivity contribution in [2.24, 2.45) is 0 Å². The predicted octanol–water partition coefficient (Wildman–Crippen LogP) is 3.78. The van der Waals surface area contributed by atoms with Crippen molar-refractivity contribution in [3.8, 4) is 11.5 Å². The van der Waals surface area contributed by atoms with Crippen molar-refractivity contribution < 1.29 is 13.6 Å². The number of carbonyl (C=O) groups excluding carboxylic acids is 1. The first-order valence-electron chi connectivity index (χ1n) is 8.39. The van der Waals surface area contributed by atoms with Crippen LogP contribution in [-0.4, -0.2) is 28.1 Å². The molecule has 5 nitrogen and oxygen atoms in total. The molecular weight excluding hydrogens is 333 g/mol. The summed E-state index contributed by atoms with van der Waals surface area (Å²) in [6.07, 6.45) is 0.569. The van der Waals surface area contributed by atoms with Crippen LogP contribution >= 0.6 is 0 Å². The summed E-state index contributed by atoms with van der Waals surface area (Å²) in [5.41, 5.74) is 2.48. The van der Waals surface area contributed by atoms with Gasteiger partial charge >= 0.3 is 0 Å². The van der Waals surface area contributed by atoms with Gasteiger partial charge in [-0.1, -0.05) is 35.9 Å². The molecule has 0 aliphatic rings. The molecule has 6 heteroatoms. The normalized spacial score (nSPS) is 10.7. The van der Waals surface area contributed by atoms with Crippen LogP contribution in [0.2, 0.25) is 0 Å². The molecule has 0 saturated heterocycles. The summed E-state index contributed by atoms with van der Waals surface area (Å²) in [6.45, 7) is 2.23. The number of aryl methyl sites for hydroxylation is 2. The summed E-state index contributed by atoms with van der Waals surface area (Å²) in [5, 5.41) is 8.02. The Kier molecular flexibility index (Phi) is 5.41. The lowest BCUT2D eigenvalue weighted by Crippen LogP contribution is -2.26. The molecule has 0 aliphatic carbocycles. The maximum Gasteiger partial charge on any atom is 0.247 e. The molecule has 0 fully saturated rings. The second-order valence-corrected chi connectivity index (χ2v) is 6.21. The summed E-state index contributed by atoms with van der Waals surface area (Å²) in [7, 11) is 1.65. The first-order valence-corrected chi connectivity index (χ1v) is 8.39. The predicted molar refractivity (Wildman–Crippen MR) is 95.7 cm³/mol. The third-order valence-corrected chi connectivity index (χ3v) is 4.11. The van der Waals surface area contributed by atoms with Crippen LogP contribution in [0, 0.1) is 12.7 Å². The molecular formula is C20H20FN3O2. The fraction of sp³-hybridized carbons (Fsp3) is 0.250. The summed E-state index contributed by atoms with van der Waals surface area (Å²) in [4.78, 5) is 13.8. The second-order valence-electron chi connectivity index (χ2n) is 6.21. The average Bonchev–Trinajstić information content (AvgIpc) is 3.11. The van der Waals surface area contributed by atoms with Crippen molar-refractivity contribution in [3.05, 3.63) is 71.4 Å². The zero-order valence-electron chi connectivity index (χ0n) is 14.8. The van der Waals surface area contributed by atoms with Crippen LogP contribution in [0.5, 0.6) is 0 Å². The third-order valence-electron chi connectivity index (χ3n) is 4.11. The van der Waals surface area contributed by atoms with Gasteiger partial charge in [-0.25, -0.2) is 4.39 Å². The van der Waals surface area contributed by atoms with E-state index in [9.17, 15) is 9.18 Å². The molecule has 134 valence electrons. The molecule has 1 aromatic heterocycles. The van der Waals surface area contributed by atoms with Crippen LogP contribution in [0.15, 0.2) is 52.9 Å². The van der Waals surface area contributed by atoms with E-state index in [-0.39, 0.29) is 24.7 Å². The highest BCUT2D eigenvalue weighted by Crippen LogP contribution is 2.19. The van der Waals surface area contributed by atoms with E-state index in [1.807, 2.05) is 31.2 Å². The van der Waals surface area contributed by atoms with E-state index in [4.69, 9.17) is 4.42 Å². The van der Waals surface area contributed by atoms with Gasteiger partial charge < -0.3 is 9.32 Å². The van der Waals surface area contributed by atoms with Crippen molar-refractivity contribution in [3.63, 3.8) is 0 Å². The minimum absolute atomic E-state index is 0.108. The van der Waals surface area contributed by atoms with Crippen molar-refractivity contribution >= 4 is 5.91 Å². The van der Waals surface area contributed by atoms with Crippen molar-refractivity contribution in [1.82, 2.24) is 15.1 Å². The Balaban J connectivity index is 1.56. The number of hydrogen-bond acceptors (Lipinski definition) is 4. The van der Waals surface area contributed by atoms with Gasteiger partial charge in [0.25, 0.3) is 0 Å². The first kappa shape index (κ1) is 17.8. The largest absolute Gasteiger partial charge is 0.421 e. The van der Waals surface area contributed by atoms with E-state index in [0.29, 0.717) is 23.8 Å². The molecule has 0 N–H and O–H groups in total. The number of nitrogens with zero attached hydrogens (tertiary/aromatic N) is 3. The van der Waals surface area contributed by atoms with Crippen LogP contribution in [0.4, 0.5) is 4.39 Å². The SMILES string of the molecule is Cc1ccc(-c2nnc(CCC(=O)N(C)Cc3ccccc3F)o2)cc1. The number of amides is 1. The van der Waals surface area contributed by atoms with Gasteiger partial charge in [-0.05, 0) is 25.1 Å². The Labute approximate surface area is 151 Å². The summed E-state index contributed by atoms with van der Waals surface area (Å²) >= 11 is 0. The number of benzene rings is 2. The number of aromatic nitrogens is 2. The fourth-order valence-corrected chi connectivity index (χ4v) is 2.54. The van der Waals surface area contributed by atoms with Gasteiger partial charge in [-0.2, -0.15) is 0 Å². The van der Waals surface area contributed by atoms with E-state index < -0.39 is 0 Å². The average molecular weight is 353 g/mol. The van der Waals surface area contributed by atoms with Crippen molar-refractivity contribution in [2.45, 2.75) is 26.3 Å². The highest BCUT2D eigenvalue weighted by atomic mass is 19.1. The monoisotopic (exact) mass is 353 g/mol. The Morgan fingerprint density at radius 1 is 1.12 bits per heavy atom. The maximum absolute atomic E-state index is 13.7. The number of rotatable bonds is 6. The lowest BCUT2D eigenvalue weighted by Gasteiger charge is -2.17. The van der Waals surface area contributed by atoms with Gasteiger partial charge in [0.05, 0.1) is 0 Å². The smallest absolute Gasteiger partial charge is 0.247 e.